The van der Waals surface area contributed by atoms with Gasteiger partial charge in [-0.3, -0.25) is 9.11 Å². The molecule has 0 aliphatic heterocycles. The predicted molar refractivity (Wildman–Crippen MR) is 46.1 cm³/mol. The summed E-state index contributed by atoms with van der Waals surface area (Å²) in [5.41, 5.74) is 0. The molecule has 1 heterocycles. The van der Waals surface area contributed by atoms with Crippen LogP contribution in [0.25, 0.3) is 0 Å². The molecule has 1 aromatic heterocycles. The van der Waals surface area contributed by atoms with Gasteiger partial charge in [0.25, 0.3) is 11.4 Å². The number of rotatable bonds is 0. The smallest absolute Gasteiger partial charge is 0.429 e. The Morgan fingerprint density at radius 1 is 1.27 bits per heavy atom. The van der Waals surface area contributed by atoms with E-state index in [1.54, 1.807) is 0 Å². The zero-order chi connectivity index (χ0) is 12.2. The summed E-state index contributed by atoms with van der Waals surface area (Å²) in [7, 11) is 0. The van der Waals surface area contributed by atoms with Crippen LogP contribution in [0.5, 0.6) is 11.5 Å². The van der Waals surface area contributed by atoms with Crippen molar-refractivity contribution in [3.8, 4) is 11.5 Å². The summed E-state index contributed by atoms with van der Waals surface area (Å²) in [6.07, 6.45) is -4.59. The van der Waals surface area contributed by atoms with E-state index in [1.807, 2.05) is 0 Å². The lowest BCUT2D eigenvalue weighted by molar-refractivity contribution is -0.135. The van der Waals surface area contributed by atoms with Gasteiger partial charge in [0.05, 0.1) is 0 Å². The Kier molecular flexibility index (Phi) is 5.00. The van der Waals surface area contributed by atoms with Crippen molar-refractivity contribution in [1.29, 1.82) is 0 Å². The van der Waals surface area contributed by atoms with E-state index in [0.29, 0.717) is 0 Å². The molecule has 0 saturated heterocycles. The quantitative estimate of drug-likeness (QED) is 0.537. The lowest BCUT2D eigenvalue weighted by atomic mass is 10.4. The molecule has 0 saturated carbocycles. The van der Waals surface area contributed by atoms with Gasteiger partial charge in [0.2, 0.25) is 0 Å². The Morgan fingerprint density at radius 2 is 1.67 bits per heavy atom. The van der Waals surface area contributed by atoms with Crippen LogP contribution in [0.15, 0.2) is 5.38 Å². The van der Waals surface area contributed by atoms with E-state index >= 15 is 0 Å². The molecule has 0 unspecified atom stereocenters. The molecular weight excluding hydrogens is 261 g/mol. The normalized spacial score (nSPS) is 11.1. The first-order chi connectivity index (χ1) is 6.66. The number of halogens is 3. The number of alkyl halides is 3. The number of aromatic hydroxyl groups is 2. The van der Waals surface area contributed by atoms with E-state index in [0.717, 1.165) is 5.38 Å². The van der Waals surface area contributed by atoms with Crippen molar-refractivity contribution < 1.29 is 36.7 Å². The maximum Gasteiger partial charge on any atom is 0.429 e. The van der Waals surface area contributed by atoms with Gasteiger partial charge < -0.3 is 10.2 Å². The molecule has 15 heavy (non-hydrogen) atoms. The zero-order valence-electron chi connectivity index (χ0n) is 6.72. The van der Waals surface area contributed by atoms with Crippen LogP contribution >= 0.6 is 11.3 Å². The van der Waals surface area contributed by atoms with Crippen LogP contribution in [0, 0.1) is 0 Å². The van der Waals surface area contributed by atoms with Crippen LogP contribution < -0.4 is 0 Å². The third kappa shape index (κ3) is 4.97. The highest BCUT2D eigenvalue weighted by molar-refractivity contribution is 7.73. The molecule has 0 aromatic carbocycles. The molecular formula is C5H5F3O5S2. The van der Waals surface area contributed by atoms with Crippen LogP contribution in [0.1, 0.15) is 4.88 Å². The van der Waals surface area contributed by atoms with Gasteiger partial charge in [-0.15, -0.1) is 11.3 Å². The van der Waals surface area contributed by atoms with Crippen molar-refractivity contribution in [1.82, 2.24) is 0 Å². The van der Waals surface area contributed by atoms with Crippen LogP contribution in [0.3, 0.4) is 0 Å². The second-order valence-electron chi connectivity index (χ2n) is 2.03. The average molecular weight is 266 g/mol. The van der Waals surface area contributed by atoms with E-state index in [1.165, 1.54) is 0 Å². The fourth-order valence-electron chi connectivity index (χ4n) is 0.544. The number of hydrogen-bond acceptors (Lipinski definition) is 4. The van der Waals surface area contributed by atoms with Gasteiger partial charge in [0.15, 0.2) is 16.4 Å². The SMILES string of the molecule is O=S(O)O.Oc1csc(C(F)(F)F)c1O. The van der Waals surface area contributed by atoms with E-state index in [4.69, 9.17) is 23.5 Å². The van der Waals surface area contributed by atoms with Gasteiger partial charge >= 0.3 is 6.18 Å². The van der Waals surface area contributed by atoms with Crippen LogP contribution in [-0.4, -0.2) is 23.5 Å². The highest BCUT2D eigenvalue weighted by Crippen LogP contribution is 2.44. The van der Waals surface area contributed by atoms with E-state index in [9.17, 15) is 13.2 Å². The molecule has 0 spiro atoms. The second-order valence-corrected chi connectivity index (χ2v) is 3.37. The topological polar surface area (TPSA) is 98.0 Å². The van der Waals surface area contributed by atoms with Crippen molar-refractivity contribution >= 4 is 22.7 Å². The molecule has 4 N–H and O–H groups in total. The third-order valence-corrected chi connectivity index (χ3v) is 2.01. The summed E-state index contributed by atoms with van der Waals surface area (Å²) in [5.74, 6) is -1.83. The third-order valence-electron chi connectivity index (χ3n) is 1.00. The molecule has 0 fully saturated rings. The van der Waals surface area contributed by atoms with E-state index in [-0.39, 0.29) is 11.3 Å². The van der Waals surface area contributed by atoms with Crippen LogP contribution in [0.4, 0.5) is 13.2 Å². The minimum atomic E-state index is -4.59. The van der Waals surface area contributed by atoms with Crippen molar-refractivity contribution in [2.24, 2.45) is 0 Å². The Labute approximate surface area is 87.9 Å². The Hall–Kier alpha value is -0.840. The van der Waals surface area contributed by atoms with Crippen molar-refractivity contribution in [2.75, 3.05) is 0 Å². The fraction of sp³-hybridized carbons (Fsp3) is 0.200. The highest BCUT2D eigenvalue weighted by atomic mass is 32.2. The molecule has 5 nitrogen and oxygen atoms in total. The van der Waals surface area contributed by atoms with Gasteiger partial charge in [0.1, 0.15) is 0 Å². The molecule has 0 aliphatic rings. The van der Waals surface area contributed by atoms with Gasteiger partial charge in [-0.25, -0.2) is 0 Å². The monoisotopic (exact) mass is 266 g/mol. The van der Waals surface area contributed by atoms with Crippen molar-refractivity contribution in [3.05, 3.63) is 10.3 Å². The Bertz CT molecular complexity index is 343. The van der Waals surface area contributed by atoms with Gasteiger partial charge in [-0.05, 0) is 0 Å². The molecule has 1 aromatic rings. The van der Waals surface area contributed by atoms with E-state index in [2.05, 4.69) is 0 Å². The Morgan fingerprint density at radius 3 is 1.80 bits per heavy atom. The van der Waals surface area contributed by atoms with Crippen molar-refractivity contribution in [2.45, 2.75) is 6.18 Å². The predicted octanol–water partition coefficient (Wildman–Crippen LogP) is 1.86. The second kappa shape index (κ2) is 5.30. The average Bonchev–Trinajstić information content (AvgIpc) is 2.29. The van der Waals surface area contributed by atoms with E-state index < -0.39 is 33.9 Å². The van der Waals surface area contributed by atoms with Crippen LogP contribution in [-0.2, 0) is 17.5 Å². The summed E-state index contributed by atoms with van der Waals surface area (Å²) in [4.78, 5) is -1.17. The zero-order valence-corrected chi connectivity index (χ0v) is 8.36. The van der Waals surface area contributed by atoms with Crippen LogP contribution in [0.2, 0.25) is 0 Å². The first kappa shape index (κ1) is 14.2. The molecule has 1 rings (SSSR count). The standard InChI is InChI=1S/C5H3F3O2S.H2O3S/c6-5(7,8)4-3(10)2(9)1-11-4;1-4(2)3/h1,9-10H;(H2,1,2,3). The summed E-state index contributed by atoms with van der Waals surface area (Å²) < 4.78 is 58.2. The molecule has 0 amide bonds. The number of hydrogen-bond donors (Lipinski definition) is 4. The lowest BCUT2D eigenvalue weighted by Crippen LogP contribution is -2.01. The first-order valence-corrected chi connectivity index (χ1v) is 4.97. The fourth-order valence-corrected chi connectivity index (χ4v) is 1.23. The van der Waals surface area contributed by atoms with Gasteiger partial charge in [-0.1, -0.05) is 0 Å². The molecule has 88 valence electrons. The molecule has 10 heteroatoms. The summed E-state index contributed by atoms with van der Waals surface area (Å²) >= 11 is -2.35. The maximum atomic E-state index is 11.8. The molecule has 0 radical (unpaired) electrons. The molecule has 0 atom stereocenters. The number of thiophene rings is 1. The molecule has 0 aliphatic carbocycles. The summed E-state index contributed by atoms with van der Waals surface area (Å²) in [6.45, 7) is 0. The maximum absolute atomic E-state index is 11.8. The minimum absolute atomic E-state index is 0.258. The summed E-state index contributed by atoms with van der Waals surface area (Å²) in [6, 6.07) is 0. The first-order valence-electron chi connectivity index (χ1n) is 3.02. The largest absolute Gasteiger partial charge is 0.504 e. The highest BCUT2D eigenvalue weighted by Gasteiger charge is 2.36. The van der Waals surface area contributed by atoms with Crippen molar-refractivity contribution in [3.63, 3.8) is 0 Å². The summed E-state index contributed by atoms with van der Waals surface area (Å²) in [5, 5.41) is 18.0. The van der Waals surface area contributed by atoms with Gasteiger partial charge in [-0.2, -0.15) is 17.4 Å². The minimum Gasteiger partial charge on any atom is -0.504 e. The van der Waals surface area contributed by atoms with Gasteiger partial charge in [0, 0.05) is 5.38 Å². The lowest BCUT2D eigenvalue weighted by Gasteiger charge is -2.02. The Balaban J connectivity index is 0.000000423. The molecule has 0 bridgehead atoms.